The Kier molecular flexibility index (Phi) is 9.27. The first kappa shape index (κ1) is 26.6. The zero-order valence-electron chi connectivity index (χ0n) is 21.6. The second-order valence-corrected chi connectivity index (χ2v) is 10.9. The Morgan fingerprint density at radius 3 is 1.94 bits per heavy atom. The van der Waals surface area contributed by atoms with Gasteiger partial charge in [-0.3, -0.25) is 9.59 Å². The van der Waals surface area contributed by atoms with Crippen LogP contribution in [0, 0.1) is 0 Å². The van der Waals surface area contributed by atoms with Gasteiger partial charge in [-0.15, -0.1) is 0 Å². The highest BCUT2D eigenvalue weighted by molar-refractivity contribution is 5.88. The van der Waals surface area contributed by atoms with E-state index in [1.165, 1.54) is 11.1 Å². The Bertz CT molecular complexity index is 890. The van der Waals surface area contributed by atoms with E-state index in [9.17, 15) is 9.59 Å². The van der Waals surface area contributed by atoms with Crippen LogP contribution in [0.25, 0.3) is 0 Å². The van der Waals surface area contributed by atoms with E-state index in [-0.39, 0.29) is 22.8 Å². The lowest BCUT2D eigenvalue weighted by Gasteiger charge is -2.33. The fraction of sp³-hybridized carbons (Fsp3) is 0.517. The summed E-state index contributed by atoms with van der Waals surface area (Å²) in [5.41, 5.74) is 3.36. The highest BCUT2D eigenvalue weighted by Crippen LogP contribution is 2.22. The third-order valence-corrected chi connectivity index (χ3v) is 5.82. The Hall–Kier alpha value is -2.62. The molecule has 2 amide bonds. The molecule has 33 heavy (non-hydrogen) atoms. The van der Waals surface area contributed by atoms with E-state index in [0.717, 1.165) is 12.0 Å². The number of benzene rings is 2. The molecule has 0 aliphatic rings. The van der Waals surface area contributed by atoms with Crippen LogP contribution in [0.5, 0.6) is 0 Å². The number of hydrogen-bond acceptors (Lipinski definition) is 2. The monoisotopic (exact) mass is 450 g/mol. The van der Waals surface area contributed by atoms with Gasteiger partial charge in [-0.25, -0.2) is 0 Å². The lowest BCUT2D eigenvalue weighted by molar-refractivity contribution is -0.141. The lowest BCUT2D eigenvalue weighted by atomic mass is 9.86. The van der Waals surface area contributed by atoms with Crippen LogP contribution < -0.4 is 5.32 Å². The Morgan fingerprint density at radius 2 is 1.42 bits per heavy atom. The number of aryl methyl sites for hydroxylation is 1. The van der Waals surface area contributed by atoms with Crippen LogP contribution in [0.4, 0.5) is 0 Å². The van der Waals surface area contributed by atoms with Crippen molar-refractivity contribution in [3.63, 3.8) is 0 Å². The minimum Gasteiger partial charge on any atom is -0.350 e. The number of amides is 2. The maximum Gasteiger partial charge on any atom is 0.243 e. The highest BCUT2D eigenvalue weighted by atomic mass is 16.2. The van der Waals surface area contributed by atoms with Gasteiger partial charge in [0.1, 0.15) is 6.04 Å². The number of nitrogens with zero attached hydrogens (tertiary/aromatic N) is 1. The molecule has 0 aliphatic heterocycles. The zero-order valence-corrected chi connectivity index (χ0v) is 21.6. The normalized spacial score (nSPS) is 12.8. The number of nitrogens with one attached hydrogen (secondary N) is 1. The van der Waals surface area contributed by atoms with Crippen LogP contribution >= 0.6 is 0 Å². The number of carbonyl (C=O) groups is 2. The van der Waals surface area contributed by atoms with E-state index in [1.54, 1.807) is 4.90 Å². The molecule has 2 aromatic rings. The molecule has 0 spiro atoms. The van der Waals surface area contributed by atoms with Gasteiger partial charge in [-0.05, 0) is 62.1 Å². The smallest absolute Gasteiger partial charge is 0.243 e. The molecule has 0 unspecified atom stereocenters. The average Bonchev–Trinajstić information content (AvgIpc) is 2.74. The predicted molar refractivity (Wildman–Crippen MR) is 137 cm³/mol. The van der Waals surface area contributed by atoms with Crippen LogP contribution in [0.2, 0.25) is 0 Å². The second-order valence-electron chi connectivity index (χ2n) is 10.9. The molecule has 4 heteroatoms. The maximum absolute atomic E-state index is 13.4. The van der Waals surface area contributed by atoms with Crippen molar-refractivity contribution in [3.8, 4) is 0 Å². The molecular weight excluding hydrogens is 408 g/mol. The van der Waals surface area contributed by atoms with E-state index < -0.39 is 6.04 Å². The molecule has 2 rings (SSSR count). The summed E-state index contributed by atoms with van der Waals surface area (Å²) in [5, 5.41) is 3.06. The number of hydrogen-bond donors (Lipinski definition) is 1. The zero-order chi connectivity index (χ0) is 24.6. The molecule has 1 atom stereocenters. The fourth-order valence-corrected chi connectivity index (χ4v) is 3.92. The average molecular weight is 451 g/mol. The summed E-state index contributed by atoms with van der Waals surface area (Å²) in [7, 11) is 0. The molecule has 0 fully saturated rings. The SMILES string of the molecule is CC[C@H](C(=O)NC(C)(C)C)N(CCc1ccccc1)C(=O)CCc1ccc(C(C)(C)C)cc1. The number of rotatable bonds is 9. The van der Waals surface area contributed by atoms with Crippen molar-refractivity contribution in [1.29, 1.82) is 0 Å². The highest BCUT2D eigenvalue weighted by Gasteiger charge is 2.30. The summed E-state index contributed by atoms with van der Waals surface area (Å²) in [5.74, 6) is -0.0531. The minimum atomic E-state index is -0.469. The second kappa shape index (κ2) is 11.5. The third-order valence-electron chi connectivity index (χ3n) is 5.82. The summed E-state index contributed by atoms with van der Waals surface area (Å²) in [6, 6.07) is 18.2. The van der Waals surface area contributed by atoms with Crippen molar-refractivity contribution < 1.29 is 9.59 Å². The molecule has 0 aromatic heterocycles. The molecule has 1 N–H and O–H groups in total. The fourth-order valence-electron chi connectivity index (χ4n) is 3.92. The first-order valence-corrected chi connectivity index (χ1v) is 12.2. The van der Waals surface area contributed by atoms with Crippen molar-refractivity contribution in [2.45, 2.75) is 91.1 Å². The number of carbonyl (C=O) groups excluding carboxylic acids is 2. The molecular formula is C29H42N2O2. The molecule has 2 aromatic carbocycles. The van der Waals surface area contributed by atoms with Gasteiger partial charge in [0, 0.05) is 18.5 Å². The molecule has 0 saturated carbocycles. The van der Waals surface area contributed by atoms with Crippen LogP contribution in [0.1, 0.15) is 78.0 Å². The third kappa shape index (κ3) is 8.68. The molecule has 180 valence electrons. The maximum atomic E-state index is 13.4. The van der Waals surface area contributed by atoms with Crippen LogP contribution in [0.15, 0.2) is 54.6 Å². The van der Waals surface area contributed by atoms with E-state index in [2.05, 4.69) is 62.5 Å². The molecule has 0 radical (unpaired) electrons. The van der Waals surface area contributed by atoms with E-state index in [0.29, 0.717) is 25.8 Å². The van der Waals surface area contributed by atoms with Gasteiger partial charge in [0.25, 0.3) is 0 Å². The van der Waals surface area contributed by atoms with Crippen molar-refractivity contribution in [1.82, 2.24) is 10.2 Å². The van der Waals surface area contributed by atoms with Crippen LogP contribution in [0.3, 0.4) is 0 Å². The van der Waals surface area contributed by atoms with Crippen LogP contribution in [-0.4, -0.2) is 34.8 Å². The lowest BCUT2D eigenvalue weighted by Crippen LogP contribution is -2.54. The molecule has 0 aliphatic carbocycles. The molecule has 4 nitrogen and oxygen atoms in total. The summed E-state index contributed by atoms with van der Waals surface area (Å²) < 4.78 is 0. The van der Waals surface area contributed by atoms with Gasteiger partial charge in [-0.1, -0.05) is 82.3 Å². The van der Waals surface area contributed by atoms with Gasteiger partial charge in [0.15, 0.2) is 0 Å². The minimum absolute atomic E-state index is 0.0294. The first-order chi connectivity index (χ1) is 15.4. The summed E-state index contributed by atoms with van der Waals surface area (Å²) >= 11 is 0. The molecule has 0 bridgehead atoms. The van der Waals surface area contributed by atoms with Gasteiger partial charge in [0.05, 0.1) is 0 Å². The van der Waals surface area contributed by atoms with Crippen LogP contribution in [-0.2, 0) is 27.8 Å². The Labute approximate surface area is 200 Å². The van der Waals surface area contributed by atoms with E-state index >= 15 is 0 Å². The van der Waals surface area contributed by atoms with Crippen molar-refractivity contribution in [2.75, 3.05) is 6.54 Å². The Morgan fingerprint density at radius 1 is 0.848 bits per heavy atom. The largest absolute Gasteiger partial charge is 0.350 e. The predicted octanol–water partition coefficient (Wildman–Crippen LogP) is 5.68. The molecule has 0 heterocycles. The quantitative estimate of drug-likeness (QED) is 0.534. The Balaban J connectivity index is 2.14. The summed E-state index contributed by atoms with van der Waals surface area (Å²) in [6.45, 7) is 15.0. The van der Waals surface area contributed by atoms with E-state index in [1.807, 2.05) is 45.9 Å². The van der Waals surface area contributed by atoms with Gasteiger partial charge in [0.2, 0.25) is 11.8 Å². The van der Waals surface area contributed by atoms with Gasteiger partial charge in [-0.2, -0.15) is 0 Å². The van der Waals surface area contributed by atoms with E-state index in [4.69, 9.17) is 0 Å². The van der Waals surface area contributed by atoms with Gasteiger partial charge >= 0.3 is 0 Å². The van der Waals surface area contributed by atoms with Crippen molar-refractivity contribution in [3.05, 3.63) is 71.3 Å². The first-order valence-electron chi connectivity index (χ1n) is 12.2. The van der Waals surface area contributed by atoms with Crippen molar-refractivity contribution >= 4 is 11.8 Å². The topological polar surface area (TPSA) is 49.4 Å². The van der Waals surface area contributed by atoms with Gasteiger partial charge < -0.3 is 10.2 Å². The van der Waals surface area contributed by atoms with Crippen molar-refractivity contribution in [2.24, 2.45) is 0 Å². The molecule has 0 saturated heterocycles. The summed E-state index contributed by atoms with van der Waals surface area (Å²) in [6.07, 6.45) is 2.38. The standard InChI is InChI=1S/C29H42N2O2/c1-8-25(27(33)30-29(5,6)7)31(21-20-22-12-10-9-11-13-22)26(32)19-16-23-14-17-24(18-15-23)28(2,3)4/h9-15,17-18,25H,8,16,19-21H2,1-7H3,(H,30,33)/t25-/m1/s1. The summed E-state index contributed by atoms with van der Waals surface area (Å²) in [4.78, 5) is 28.2.